The Morgan fingerprint density at radius 2 is 2.05 bits per heavy atom. The number of anilines is 1. The number of rotatable bonds is 2. The van der Waals surface area contributed by atoms with Gasteiger partial charge in [-0.1, -0.05) is 11.6 Å². The summed E-state index contributed by atoms with van der Waals surface area (Å²) in [5, 5.41) is 6.72. The molecule has 1 saturated heterocycles. The summed E-state index contributed by atoms with van der Waals surface area (Å²) in [6.07, 6.45) is 1.69. The second-order valence-electron chi connectivity index (χ2n) is 5.54. The Kier molecular flexibility index (Phi) is 4.22. The van der Waals surface area contributed by atoms with Crippen molar-refractivity contribution in [2.24, 2.45) is 5.92 Å². The van der Waals surface area contributed by atoms with Gasteiger partial charge in [-0.3, -0.25) is 4.79 Å². The van der Waals surface area contributed by atoms with Crippen molar-refractivity contribution >= 4 is 23.2 Å². The lowest BCUT2D eigenvalue weighted by molar-refractivity contribution is -0.120. The van der Waals surface area contributed by atoms with Crippen LogP contribution in [0.25, 0.3) is 0 Å². The molecule has 1 fully saturated rings. The van der Waals surface area contributed by atoms with Gasteiger partial charge in [0.05, 0.1) is 10.7 Å². The third-order valence-electron chi connectivity index (χ3n) is 3.88. The number of fused-ring (bicyclic) bond motifs is 1. The van der Waals surface area contributed by atoms with Crippen molar-refractivity contribution in [2.45, 2.75) is 25.8 Å². The molecule has 2 unspecified atom stereocenters. The van der Waals surface area contributed by atoms with E-state index in [1.54, 1.807) is 12.1 Å². The first kappa shape index (κ1) is 14.5. The topological polar surface area (TPSA) is 59.6 Å². The van der Waals surface area contributed by atoms with E-state index in [1.165, 1.54) is 0 Å². The largest absolute Gasteiger partial charge is 0.486 e. The molecule has 2 N–H and O–H groups in total. The molecule has 2 heterocycles. The molecule has 1 amide bonds. The van der Waals surface area contributed by atoms with E-state index in [2.05, 4.69) is 17.6 Å². The van der Waals surface area contributed by atoms with Crippen molar-refractivity contribution < 1.29 is 14.3 Å². The van der Waals surface area contributed by atoms with Crippen LogP contribution in [-0.2, 0) is 4.79 Å². The molecule has 0 radical (unpaired) electrons. The van der Waals surface area contributed by atoms with Gasteiger partial charge < -0.3 is 20.1 Å². The SMILES string of the molecule is CC1CC(C(=O)Nc2cc3c(cc2Cl)OCCO3)CCN1. The number of carbonyl (C=O) groups is 1. The molecule has 2 aliphatic heterocycles. The summed E-state index contributed by atoms with van der Waals surface area (Å²) in [6, 6.07) is 3.79. The maximum absolute atomic E-state index is 12.4. The molecule has 6 heteroatoms. The monoisotopic (exact) mass is 310 g/mol. The molecule has 0 bridgehead atoms. The first-order valence-corrected chi connectivity index (χ1v) is 7.64. The molecule has 2 atom stereocenters. The summed E-state index contributed by atoms with van der Waals surface area (Å²) in [5.41, 5.74) is 0.581. The van der Waals surface area contributed by atoms with Gasteiger partial charge in [-0.15, -0.1) is 0 Å². The summed E-state index contributed by atoms with van der Waals surface area (Å²) in [7, 11) is 0. The van der Waals surface area contributed by atoms with Crippen LogP contribution in [0.1, 0.15) is 19.8 Å². The van der Waals surface area contributed by atoms with Gasteiger partial charge >= 0.3 is 0 Å². The third kappa shape index (κ3) is 3.24. The maximum atomic E-state index is 12.4. The number of nitrogens with one attached hydrogen (secondary N) is 2. The average molecular weight is 311 g/mol. The lowest BCUT2D eigenvalue weighted by atomic mass is 9.92. The Bertz CT molecular complexity index is 550. The number of piperidine rings is 1. The zero-order valence-electron chi connectivity index (χ0n) is 11.9. The predicted octanol–water partition coefficient (Wildman–Crippen LogP) is 2.44. The molecule has 114 valence electrons. The quantitative estimate of drug-likeness (QED) is 0.881. The van der Waals surface area contributed by atoms with Crippen LogP contribution in [-0.4, -0.2) is 31.7 Å². The van der Waals surface area contributed by atoms with Gasteiger partial charge in [0, 0.05) is 24.1 Å². The number of benzene rings is 1. The molecule has 21 heavy (non-hydrogen) atoms. The van der Waals surface area contributed by atoms with Crippen molar-refractivity contribution in [3.63, 3.8) is 0 Å². The summed E-state index contributed by atoms with van der Waals surface area (Å²) in [5.74, 6) is 1.28. The van der Waals surface area contributed by atoms with Crippen LogP contribution in [0.3, 0.4) is 0 Å². The Morgan fingerprint density at radius 3 is 2.76 bits per heavy atom. The molecular formula is C15H19ClN2O3. The second kappa shape index (κ2) is 6.12. The Balaban J connectivity index is 1.73. The van der Waals surface area contributed by atoms with Crippen LogP contribution in [0.2, 0.25) is 5.02 Å². The van der Waals surface area contributed by atoms with E-state index in [-0.39, 0.29) is 11.8 Å². The van der Waals surface area contributed by atoms with Gasteiger partial charge in [0.2, 0.25) is 5.91 Å². The molecule has 1 aromatic rings. The fourth-order valence-corrected chi connectivity index (χ4v) is 2.97. The first-order valence-electron chi connectivity index (χ1n) is 7.27. The molecule has 0 aromatic heterocycles. The lowest BCUT2D eigenvalue weighted by Crippen LogP contribution is -2.40. The van der Waals surface area contributed by atoms with Gasteiger partial charge in [-0.25, -0.2) is 0 Å². The van der Waals surface area contributed by atoms with E-state index in [0.29, 0.717) is 41.5 Å². The lowest BCUT2D eigenvalue weighted by Gasteiger charge is -2.27. The van der Waals surface area contributed by atoms with E-state index < -0.39 is 0 Å². The molecule has 0 spiro atoms. The highest BCUT2D eigenvalue weighted by atomic mass is 35.5. The average Bonchev–Trinajstić information content (AvgIpc) is 2.48. The highest BCUT2D eigenvalue weighted by Crippen LogP contribution is 2.38. The number of hydrogen-bond acceptors (Lipinski definition) is 4. The smallest absolute Gasteiger partial charge is 0.227 e. The van der Waals surface area contributed by atoms with E-state index in [4.69, 9.17) is 21.1 Å². The molecule has 0 saturated carbocycles. The molecule has 2 aliphatic rings. The Labute approximate surface area is 128 Å². The van der Waals surface area contributed by atoms with E-state index in [0.717, 1.165) is 19.4 Å². The molecule has 0 aliphatic carbocycles. The van der Waals surface area contributed by atoms with Crippen LogP contribution in [0.5, 0.6) is 11.5 Å². The van der Waals surface area contributed by atoms with Crippen molar-refractivity contribution in [1.82, 2.24) is 5.32 Å². The molecule has 1 aromatic carbocycles. The summed E-state index contributed by atoms with van der Waals surface area (Å²) in [6.45, 7) is 3.99. The standard InChI is InChI=1S/C15H19ClN2O3/c1-9-6-10(2-3-17-9)15(19)18-12-8-14-13(7-11(12)16)20-4-5-21-14/h7-10,17H,2-6H2,1H3,(H,18,19). The fourth-order valence-electron chi connectivity index (χ4n) is 2.76. The van der Waals surface area contributed by atoms with Crippen LogP contribution >= 0.6 is 11.6 Å². The van der Waals surface area contributed by atoms with Gasteiger partial charge in [-0.05, 0) is 26.3 Å². The van der Waals surface area contributed by atoms with Crippen molar-refractivity contribution in [1.29, 1.82) is 0 Å². The van der Waals surface area contributed by atoms with Crippen LogP contribution in [0, 0.1) is 5.92 Å². The van der Waals surface area contributed by atoms with E-state index >= 15 is 0 Å². The Morgan fingerprint density at radius 1 is 1.33 bits per heavy atom. The number of hydrogen-bond donors (Lipinski definition) is 2. The molecule has 5 nitrogen and oxygen atoms in total. The molecular weight excluding hydrogens is 292 g/mol. The zero-order valence-corrected chi connectivity index (χ0v) is 12.7. The van der Waals surface area contributed by atoms with Crippen LogP contribution in [0.4, 0.5) is 5.69 Å². The highest BCUT2D eigenvalue weighted by Gasteiger charge is 2.25. The summed E-state index contributed by atoms with van der Waals surface area (Å²) >= 11 is 6.21. The second-order valence-corrected chi connectivity index (χ2v) is 5.95. The van der Waals surface area contributed by atoms with Gasteiger partial charge in [0.1, 0.15) is 13.2 Å². The number of amides is 1. The normalized spacial score (nSPS) is 24.5. The van der Waals surface area contributed by atoms with Crippen molar-refractivity contribution in [2.75, 3.05) is 25.1 Å². The number of halogens is 1. The van der Waals surface area contributed by atoms with Crippen LogP contribution < -0.4 is 20.1 Å². The predicted molar refractivity (Wildman–Crippen MR) is 81.3 cm³/mol. The van der Waals surface area contributed by atoms with Gasteiger partial charge in [0.15, 0.2) is 11.5 Å². The number of carbonyl (C=O) groups excluding carboxylic acids is 1. The first-order chi connectivity index (χ1) is 10.1. The fraction of sp³-hybridized carbons (Fsp3) is 0.533. The minimum absolute atomic E-state index is 0.0157. The Hall–Kier alpha value is -1.46. The van der Waals surface area contributed by atoms with Crippen LogP contribution in [0.15, 0.2) is 12.1 Å². The van der Waals surface area contributed by atoms with Crippen molar-refractivity contribution in [3.05, 3.63) is 17.2 Å². The molecule has 3 rings (SSSR count). The van der Waals surface area contributed by atoms with E-state index in [9.17, 15) is 4.79 Å². The van der Waals surface area contributed by atoms with Gasteiger partial charge in [0.25, 0.3) is 0 Å². The summed E-state index contributed by atoms with van der Waals surface area (Å²) in [4.78, 5) is 12.4. The zero-order chi connectivity index (χ0) is 14.8. The highest BCUT2D eigenvalue weighted by molar-refractivity contribution is 6.34. The third-order valence-corrected chi connectivity index (χ3v) is 4.20. The summed E-state index contributed by atoms with van der Waals surface area (Å²) < 4.78 is 11.0. The number of ether oxygens (including phenoxy) is 2. The minimum atomic E-state index is 0.0157. The van der Waals surface area contributed by atoms with Gasteiger partial charge in [-0.2, -0.15) is 0 Å². The van der Waals surface area contributed by atoms with Crippen molar-refractivity contribution in [3.8, 4) is 11.5 Å². The maximum Gasteiger partial charge on any atom is 0.227 e. The van der Waals surface area contributed by atoms with E-state index in [1.807, 2.05) is 0 Å². The minimum Gasteiger partial charge on any atom is -0.486 e.